The predicted octanol–water partition coefficient (Wildman–Crippen LogP) is 12.8. The normalized spacial score (nSPS) is 14.3. The van der Waals surface area contributed by atoms with Crippen LogP contribution in [0.4, 0.5) is 0 Å². The summed E-state index contributed by atoms with van der Waals surface area (Å²) in [6.45, 7) is 19.5. The number of cyclic esters (lactones) is 2. The Labute approximate surface area is 438 Å². The van der Waals surface area contributed by atoms with Crippen LogP contribution < -0.4 is 28.4 Å². The van der Waals surface area contributed by atoms with Gasteiger partial charge in [0, 0.05) is 38.5 Å². The molecule has 1 heterocycles. The Balaban J connectivity index is 1.51. The van der Waals surface area contributed by atoms with Gasteiger partial charge in [-0.15, -0.1) is 0 Å². The smallest absolute Gasteiger partial charge is 0.338 e. The summed E-state index contributed by atoms with van der Waals surface area (Å²) >= 11 is 0. The summed E-state index contributed by atoms with van der Waals surface area (Å²) in [6.07, 6.45) is 2.47. The first-order chi connectivity index (χ1) is 35.1. The quantitative estimate of drug-likeness (QED) is 0.149. The molecule has 0 atom stereocenters. The molecule has 14 bridgehead atoms. The van der Waals surface area contributed by atoms with Crippen molar-refractivity contribution in [1.29, 1.82) is 0 Å². The Morgan fingerprint density at radius 3 is 0.743 bits per heavy atom. The van der Waals surface area contributed by atoms with E-state index in [9.17, 15) is 9.59 Å². The van der Waals surface area contributed by atoms with Crippen LogP contribution in [-0.4, -0.2) is 67.8 Å². The van der Waals surface area contributed by atoms with Crippen LogP contribution in [0.3, 0.4) is 0 Å². The van der Waals surface area contributed by atoms with Crippen LogP contribution >= 0.6 is 0 Å². The first-order valence-corrected chi connectivity index (χ1v) is 25.6. The second kappa shape index (κ2) is 21.1. The average molecular weight is 1000 g/mol. The van der Waals surface area contributed by atoms with E-state index in [-0.39, 0.29) is 29.5 Å². The second-order valence-electron chi connectivity index (χ2n) is 22.8. The van der Waals surface area contributed by atoms with E-state index in [1.165, 1.54) is 0 Å². The molecule has 6 aromatic rings. The molecule has 0 aromatic heterocycles. The van der Waals surface area contributed by atoms with Crippen LogP contribution in [0.5, 0.6) is 34.5 Å². The van der Waals surface area contributed by atoms with Crippen molar-refractivity contribution in [1.82, 2.24) is 0 Å². The number of ether oxygens (including phenoxy) is 8. The third-order valence-corrected chi connectivity index (χ3v) is 14.5. The Morgan fingerprint density at radius 2 is 0.527 bits per heavy atom. The summed E-state index contributed by atoms with van der Waals surface area (Å²) in [6, 6.07) is 27.0. The third-order valence-electron chi connectivity index (χ3n) is 14.5. The van der Waals surface area contributed by atoms with Crippen LogP contribution in [0.15, 0.2) is 78.9 Å². The monoisotopic (exact) mass is 1000 g/mol. The van der Waals surface area contributed by atoms with Crippen LogP contribution in [0.2, 0.25) is 0 Å². The van der Waals surface area contributed by atoms with Gasteiger partial charge in [-0.2, -0.15) is 0 Å². The van der Waals surface area contributed by atoms with E-state index in [2.05, 4.69) is 117 Å². The van der Waals surface area contributed by atoms with Crippen molar-refractivity contribution in [2.45, 2.75) is 117 Å². The summed E-state index contributed by atoms with van der Waals surface area (Å²) in [7, 11) is 10.2. The van der Waals surface area contributed by atoms with Gasteiger partial charge in [-0.1, -0.05) is 117 Å². The van der Waals surface area contributed by atoms with Crippen molar-refractivity contribution >= 4 is 11.9 Å². The zero-order chi connectivity index (χ0) is 53.4. The summed E-state index contributed by atoms with van der Waals surface area (Å²) in [5, 5.41) is 0. The molecular weight excluding hydrogens is 929 g/mol. The molecule has 10 heteroatoms. The van der Waals surface area contributed by atoms with Gasteiger partial charge >= 0.3 is 11.9 Å². The molecule has 0 saturated heterocycles. The number of fused-ring (bicyclic) bond motifs is 10. The van der Waals surface area contributed by atoms with Crippen molar-refractivity contribution in [3.63, 3.8) is 0 Å². The van der Waals surface area contributed by atoms with Gasteiger partial charge in [0.1, 0.15) is 47.7 Å². The van der Waals surface area contributed by atoms with Crippen molar-refractivity contribution in [3.8, 4) is 34.5 Å². The summed E-state index contributed by atoms with van der Waals surface area (Å²) in [4.78, 5) is 28.7. The van der Waals surface area contributed by atoms with Gasteiger partial charge in [-0.25, -0.2) is 9.59 Å². The number of hydrogen-bond donors (Lipinski definition) is 0. The lowest BCUT2D eigenvalue weighted by Crippen LogP contribution is -2.16. The van der Waals surface area contributed by atoms with Gasteiger partial charge in [-0.05, 0) is 124 Å². The molecular formula is C64H74O10. The number of carbonyl (C=O) groups excluding carboxylic acids is 2. The fourth-order valence-corrected chi connectivity index (χ4v) is 10.8. The largest absolute Gasteiger partial charge is 0.496 e. The molecule has 0 N–H and O–H groups in total. The lowest BCUT2D eigenvalue weighted by Gasteiger charge is -2.26. The predicted molar refractivity (Wildman–Crippen MR) is 291 cm³/mol. The summed E-state index contributed by atoms with van der Waals surface area (Å²) in [5.41, 5.74) is 14.0. The van der Waals surface area contributed by atoms with Crippen LogP contribution in [0, 0.1) is 0 Å². The van der Waals surface area contributed by atoms with E-state index in [0.717, 1.165) is 101 Å². The highest BCUT2D eigenvalue weighted by atomic mass is 16.6. The molecule has 8 rings (SSSR count). The molecule has 390 valence electrons. The summed E-state index contributed by atoms with van der Waals surface area (Å²) in [5.74, 6) is 3.10. The number of benzene rings is 6. The van der Waals surface area contributed by atoms with E-state index >= 15 is 0 Å². The SMILES string of the molecule is COc1c2cccc1Cc1cc(C(C)(C)C)cc(c1OC)Cc1cc3cc(c1OC)Cc1cc(C(C)(C)C)cc(c1OC)Cc1cc(cc(c1OC)Cc1cc(C(C)(C)C)cc(c1OC)C2)C(=O)OCCOC3=O. The first-order valence-electron chi connectivity index (χ1n) is 25.6. The van der Waals surface area contributed by atoms with Crippen molar-refractivity contribution in [3.05, 3.63) is 173 Å². The van der Waals surface area contributed by atoms with Crippen molar-refractivity contribution < 1.29 is 47.5 Å². The molecule has 0 saturated carbocycles. The van der Waals surface area contributed by atoms with Crippen LogP contribution in [0.1, 0.15) is 166 Å². The van der Waals surface area contributed by atoms with Gasteiger partial charge in [0.2, 0.25) is 0 Å². The van der Waals surface area contributed by atoms with Gasteiger partial charge in [0.15, 0.2) is 0 Å². The number of rotatable bonds is 6. The molecule has 74 heavy (non-hydrogen) atoms. The standard InChI is InChI=1S/C64H74O10/c1-62(2,3)51-31-43-21-37-17-16-18-38(54(37)67-10)22-44-32-52(63(4,5)6)34-46(58(44)71-14)24-40-28-50-30-42(56(40)69-12)26-48-36-53(64(7,8)9)35-47(59(48)72-15)25-41-29-49(60(65)73-19-20-74-61(50)66)27-39(55(41)68-11)23-45(33-51)57(43)70-13/h16-18,27-36H,19-26H2,1-15H3. The number of methoxy groups -OCH3 is 6. The molecule has 0 radical (unpaired) electrons. The second-order valence-corrected chi connectivity index (χ2v) is 22.8. The Morgan fingerprint density at radius 1 is 0.324 bits per heavy atom. The zero-order valence-electron chi connectivity index (χ0n) is 46.2. The lowest BCUT2D eigenvalue weighted by atomic mass is 9.81. The minimum absolute atomic E-state index is 0.157. The Hall–Kier alpha value is -6.94. The molecule has 1 aliphatic carbocycles. The highest BCUT2D eigenvalue weighted by Crippen LogP contribution is 2.44. The number of hydrogen-bond acceptors (Lipinski definition) is 10. The maximum Gasteiger partial charge on any atom is 0.338 e. The van der Waals surface area contributed by atoms with Crippen LogP contribution in [-0.2, 0) is 64.2 Å². The number of para-hydroxylation sites is 1. The van der Waals surface area contributed by atoms with Gasteiger partial charge in [0.05, 0.1) is 53.8 Å². The van der Waals surface area contributed by atoms with E-state index < -0.39 is 11.9 Å². The zero-order valence-corrected chi connectivity index (χ0v) is 46.2. The number of carbonyl (C=O) groups is 2. The Kier molecular flexibility index (Phi) is 15.2. The highest BCUT2D eigenvalue weighted by Gasteiger charge is 2.29. The van der Waals surface area contributed by atoms with Gasteiger partial charge < -0.3 is 37.9 Å². The minimum Gasteiger partial charge on any atom is -0.496 e. The maximum atomic E-state index is 14.3. The number of esters is 2. The van der Waals surface area contributed by atoms with E-state index in [4.69, 9.17) is 37.9 Å². The molecule has 0 amide bonds. The van der Waals surface area contributed by atoms with E-state index in [0.29, 0.717) is 66.9 Å². The molecule has 1 aliphatic heterocycles. The average Bonchev–Trinajstić information content (AvgIpc) is 3.33. The van der Waals surface area contributed by atoms with Crippen molar-refractivity contribution in [2.24, 2.45) is 0 Å². The third kappa shape index (κ3) is 11.0. The Bertz CT molecular complexity index is 2920. The molecule has 0 spiro atoms. The van der Waals surface area contributed by atoms with Crippen molar-refractivity contribution in [2.75, 3.05) is 55.9 Å². The molecule has 6 aromatic carbocycles. The lowest BCUT2D eigenvalue weighted by molar-refractivity contribution is 0.0265. The fourth-order valence-electron chi connectivity index (χ4n) is 10.8. The molecule has 0 unspecified atom stereocenters. The highest BCUT2D eigenvalue weighted by molar-refractivity contribution is 5.91. The molecule has 0 fully saturated rings. The first kappa shape index (κ1) is 53.4. The maximum absolute atomic E-state index is 14.3. The minimum atomic E-state index is -0.556. The molecule has 10 nitrogen and oxygen atoms in total. The van der Waals surface area contributed by atoms with E-state index in [1.807, 2.05) is 24.3 Å². The summed E-state index contributed by atoms with van der Waals surface area (Å²) < 4.78 is 50.4. The van der Waals surface area contributed by atoms with Crippen LogP contribution in [0.25, 0.3) is 0 Å². The van der Waals surface area contributed by atoms with Gasteiger partial charge in [0.25, 0.3) is 0 Å². The topological polar surface area (TPSA) is 108 Å². The van der Waals surface area contributed by atoms with Gasteiger partial charge in [-0.3, -0.25) is 0 Å². The molecule has 2 aliphatic rings. The fraction of sp³-hybridized carbons (Fsp3) is 0.406. The van der Waals surface area contributed by atoms with E-state index in [1.54, 1.807) is 42.7 Å².